The van der Waals surface area contributed by atoms with Gasteiger partial charge in [0.05, 0.1) is 12.0 Å². The zero-order chi connectivity index (χ0) is 11.0. The molecule has 2 aliphatic rings. The van der Waals surface area contributed by atoms with Crippen LogP contribution in [0.15, 0.2) is 12.5 Å². The molecule has 0 bridgehead atoms. The molecule has 0 aromatic carbocycles. The Kier molecular flexibility index (Phi) is 2.69. The van der Waals surface area contributed by atoms with Gasteiger partial charge in [0.25, 0.3) is 0 Å². The van der Waals surface area contributed by atoms with Gasteiger partial charge >= 0.3 is 0 Å². The molecule has 1 saturated carbocycles. The van der Waals surface area contributed by atoms with Crippen LogP contribution in [0.4, 0.5) is 0 Å². The first-order valence-corrected chi connectivity index (χ1v) is 6.30. The van der Waals surface area contributed by atoms with E-state index in [-0.39, 0.29) is 0 Å². The summed E-state index contributed by atoms with van der Waals surface area (Å²) in [6.07, 6.45) is 6.70. The van der Waals surface area contributed by atoms with E-state index in [1.165, 1.54) is 18.5 Å². The summed E-state index contributed by atoms with van der Waals surface area (Å²) in [4.78, 5) is 6.84. The Morgan fingerprint density at radius 2 is 2.38 bits per heavy atom. The van der Waals surface area contributed by atoms with E-state index in [4.69, 9.17) is 0 Å². The molecule has 2 heterocycles. The molecular weight excluding hydrogens is 200 g/mol. The molecule has 1 aliphatic carbocycles. The third kappa shape index (κ3) is 1.99. The molecule has 1 saturated heterocycles. The molecule has 1 aromatic heterocycles. The zero-order valence-electron chi connectivity index (χ0n) is 9.89. The Balaban J connectivity index is 1.70. The van der Waals surface area contributed by atoms with E-state index in [0.29, 0.717) is 6.04 Å². The third-order valence-electron chi connectivity index (χ3n) is 3.69. The van der Waals surface area contributed by atoms with Crippen LogP contribution >= 0.6 is 0 Å². The van der Waals surface area contributed by atoms with E-state index >= 15 is 0 Å². The first-order chi connectivity index (χ1) is 7.84. The summed E-state index contributed by atoms with van der Waals surface area (Å²) in [5.74, 6) is 0. The van der Waals surface area contributed by atoms with Gasteiger partial charge in [-0.2, -0.15) is 0 Å². The SMILES string of the molecule is C[C@@H]1CNCCN1Cc1cncn1C1CC1. The van der Waals surface area contributed by atoms with Crippen molar-refractivity contribution >= 4 is 0 Å². The lowest BCUT2D eigenvalue weighted by atomic mass is 10.2. The van der Waals surface area contributed by atoms with Crippen molar-refractivity contribution in [3.05, 3.63) is 18.2 Å². The first kappa shape index (κ1) is 10.3. The fraction of sp³-hybridized carbons (Fsp3) is 0.750. The van der Waals surface area contributed by atoms with E-state index in [1.54, 1.807) is 0 Å². The molecule has 2 fully saturated rings. The number of hydrogen-bond donors (Lipinski definition) is 1. The number of nitrogens with zero attached hydrogens (tertiary/aromatic N) is 3. The Morgan fingerprint density at radius 3 is 3.12 bits per heavy atom. The van der Waals surface area contributed by atoms with E-state index in [1.807, 2.05) is 12.5 Å². The van der Waals surface area contributed by atoms with E-state index < -0.39 is 0 Å². The van der Waals surface area contributed by atoms with Crippen molar-refractivity contribution in [1.29, 1.82) is 0 Å². The monoisotopic (exact) mass is 220 g/mol. The lowest BCUT2D eigenvalue weighted by molar-refractivity contribution is 0.162. The number of nitrogens with one attached hydrogen (secondary N) is 1. The molecule has 1 aliphatic heterocycles. The Morgan fingerprint density at radius 1 is 1.50 bits per heavy atom. The van der Waals surface area contributed by atoms with Crippen LogP contribution < -0.4 is 5.32 Å². The van der Waals surface area contributed by atoms with Crippen LogP contribution in [0.2, 0.25) is 0 Å². The highest BCUT2D eigenvalue weighted by Gasteiger charge is 2.26. The number of piperazine rings is 1. The first-order valence-electron chi connectivity index (χ1n) is 6.30. The fourth-order valence-electron chi connectivity index (χ4n) is 2.46. The van der Waals surface area contributed by atoms with Gasteiger partial charge in [0.2, 0.25) is 0 Å². The predicted octanol–water partition coefficient (Wildman–Crippen LogP) is 1.01. The van der Waals surface area contributed by atoms with Gasteiger partial charge in [0.1, 0.15) is 0 Å². The minimum Gasteiger partial charge on any atom is -0.330 e. The summed E-state index contributed by atoms with van der Waals surface area (Å²) >= 11 is 0. The molecule has 3 rings (SSSR count). The van der Waals surface area contributed by atoms with Crippen LogP contribution in [-0.4, -0.2) is 40.1 Å². The summed E-state index contributed by atoms with van der Waals surface area (Å²) in [5.41, 5.74) is 1.39. The van der Waals surface area contributed by atoms with Gasteiger partial charge in [0, 0.05) is 44.5 Å². The zero-order valence-corrected chi connectivity index (χ0v) is 9.89. The van der Waals surface area contributed by atoms with Crippen molar-refractivity contribution in [2.75, 3.05) is 19.6 Å². The largest absolute Gasteiger partial charge is 0.330 e. The van der Waals surface area contributed by atoms with Gasteiger partial charge in [-0.3, -0.25) is 4.90 Å². The standard InChI is InChI=1S/C12H20N4/c1-10-6-13-4-5-15(10)8-12-7-14-9-16(12)11-2-3-11/h7,9-11,13H,2-6,8H2,1H3/t10-/m1/s1. The molecule has 88 valence electrons. The fourth-order valence-corrected chi connectivity index (χ4v) is 2.46. The van der Waals surface area contributed by atoms with Gasteiger partial charge in [-0.05, 0) is 19.8 Å². The lowest BCUT2D eigenvalue weighted by Gasteiger charge is -2.33. The molecule has 0 amide bonds. The molecule has 1 atom stereocenters. The Bertz CT molecular complexity index is 356. The van der Waals surface area contributed by atoms with Crippen LogP contribution in [0.1, 0.15) is 31.5 Å². The summed E-state index contributed by atoms with van der Waals surface area (Å²) in [5, 5.41) is 3.43. The molecule has 4 heteroatoms. The highest BCUT2D eigenvalue weighted by atomic mass is 15.2. The van der Waals surface area contributed by atoms with Crippen molar-refractivity contribution in [3.63, 3.8) is 0 Å². The van der Waals surface area contributed by atoms with Gasteiger partial charge in [-0.1, -0.05) is 0 Å². The van der Waals surface area contributed by atoms with Gasteiger partial charge in [-0.15, -0.1) is 0 Å². The van der Waals surface area contributed by atoms with Crippen molar-refractivity contribution in [3.8, 4) is 0 Å². The Labute approximate surface area is 96.7 Å². The Hall–Kier alpha value is -0.870. The van der Waals surface area contributed by atoms with Crippen molar-refractivity contribution < 1.29 is 0 Å². The van der Waals surface area contributed by atoms with Gasteiger partial charge in [0.15, 0.2) is 0 Å². The smallest absolute Gasteiger partial charge is 0.0951 e. The normalized spacial score (nSPS) is 27.2. The second-order valence-corrected chi connectivity index (χ2v) is 5.05. The lowest BCUT2D eigenvalue weighted by Crippen LogP contribution is -2.49. The number of hydrogen-bond acceptors (Lipinski definition) is 3. The van der Waals surface area contributed by atoms with Crippen molar-refractivity contribution in [1.82, 2.24) is 19.8 Å². The molecule has 0 unspecified atom stereocenters. The third-order valence-corrected chi connectivity index (χ3v) is 3.69. The van der Waals surface area contributed by atoms with Crippen LogP contribution in [0.5, 0.6) is 0 Å². The molecule has 0 spiro atoms. The average Bonchev–Trinajstić information content (AvgIpc) is 3.03. The van der Waals surface area contributed by atoms with E-state index in [2.05, 4.69) is 26.7 Å². The second-order valence-electron chi connectivity index (χ2n) is 5.05. The molecule has 0 radical (unpaired) electrons. The predicted molar refractivity (Wildman–Crippen MR) is 63.2 cm³/mol. The minimum atomic E-state index is 0.635. The maximum atomic E-state index is 4.29. The van der Waals surface area contributed by atoms with Crippen molar-refractivity contribution in [2.45, 2.75) is 38.4 Å². The van der Waals surface area contributed by atoms with Crippen LogP contribution in [-0.2, 0) is 6.54 Å². The molecule has 16 heavy (non-hydrogen) atoms. The maximum Gasteiger partial charge on any atom is 0.0951 e. The van der Waals surface area contributed by atoms with Crippen molar-refractivity contribution in [2.24, 2.45) is 0 Å². The number of rotatable bonds is 3. The summed E-state index contributed by atoms with van der Waals surface area (Å²) in [6.45, 7) is 6.72. The highest BCUT2D eigenvalue weighted by Crippen LogP contribution is 2.35. The van der Waals surface area contributed by atoms with E-state index in [9.17, 15) is 0 Å². The summed E-state index contributed by atoms with van der Waals surface area (Å²) in [6, 6.07) is 1.38. The molecule has 1 aromatic rings. The number of aromatic nitrogens is 2. The van der Waals surface area contributed by atoms with Gasteiger partial charge < -0.3 is 9.88 Å². The maximum absolute atomic E-state index is 4.29. The van der Waals surface area contributed by atoms with Crippen LogP contribution in [0.3, 0.4) is 0 Å². The van der Waals surface area contributed by atoms with Crippen LogP contribution in [0, 0.1) is 0 Å². The van der Waals surface area contributed by atoms with Gasteiger partial charge in [-0.25, -0.2) is 4.98 Å². The molecular formula is C12H20N4. The molecule has 1 N–H and O–H groups in total. The highest BCUT2D eigenvalue weighted by molar-refractivity contribution is 5.04. The number of imidazole rings is 1. The quantitative estimate of drug-likeness (QED) is 0.825. The van der Waals surface area contributed by atoms with E-state index in [0.717, 1.165) is 32.2 Å². The summed E-state index contributed by atoms with van der Waals surface area (Å²) < 4.78 is 2.37. The average molecular weight is 220 g/mol. The topological polar surface area (TPSA) is 33.1 Å². The summed E-state index contributed by atoms with van der Waals surface area (Å²) in [7, 11) is 0. The minimum absolute atomic E-state index is 0.635. The second kappa shape index (κ2) is 4.18. The molecule has 4 nitrogen and oxygen atoms in total. The van der Waals surface area contributed by atoms with Crippen LogP contribution in [0.25, 0.3) is 0 Å².